The molecule has 0 aliphatic carbocycles. The fourth-order valence-electron chi connectivity index (χ4n) is 1.23. The molecule has 1 aromatic carbocycles. The Morgan fingerprint density at radius 2 is 1.75 bits per heavy atom. The summed E-state index contributed by atoms with van der Waals surface area (Å²) in [5, 5.41) is 1.39. The molecule has 0 unspecified atom stereocenters. The number of aromatic nitrogens is 2. The van der Waals surface area contributed by atoms with Crippen LogP contribution < -0.4 is 0 Å². The lowest BCUT2D eigenvalue weighted by Gasteiger charge is -2.06. The van der Waals surface area contributed by atoms with E-state index in [1.807, 2.05) is 0 Å². The van der Waals surface area contributed by atoms with Crippen molar-refractivity contribution in [2.24, 2.45) is 0 Å². The zero-order valence-electron chi connectivity index (χ0n) is 7.72. The lowest BCUT2D eigenvalue weighted by Crippen LogP contribution is -1.88. The van der Waals surface area contributed by atoms with Gasteiger partial charge in [0.2, 0.25) is 5.28 Å². The Balaban J connectivity index is 2.64. The van der Waals surface area contributed by atoms with E-state index < -0.39 is 0 Å². The first-order valence-corrected chi connectivity index (χ1v) is 5.72. The van der Waals surface area contributed by atoms with Crippen LogP contribution in [0.1, 0.15) is 0 Å². The average molecular weight is 294 g/mol. The van der Waals surface area contributed by atoms with Crippen LogP contribution in [0.5, 0.6) is 0 Å². The third-order valence-electron chi connectivity index (χ3n) is 1.90. The number of hydrogen-bond acceptors (Lipinski definition) is 2. The number of rotatable bonds is 1. The van der Waals surface area contributed by atoms with E-state index >= 15 is 0 Å². The summed E-state index contributed by atoms with van der Waals surface area (Å²) < 4.78 is 0. The van der Waals surface area contributed by atoms with Crippen LogP contribution >= 0.6 is 46.4 Å². The van der Waals surface area contributed by atoms with Crippen LogP contribution in [0.4, 0.5) is 0 Å². The maximum absolute atomic E-state index is 6.06. The fraction of sp³-hybridized carbons (Fsp3) is 0. The van der Waals surface area contributed by atoms with Gasteiger partial charge >= 0.3 is 0 Å². The van der Waals surface area contributed by atoms with Crippen LogP contribution in [-0.2, 0) is 0 Å². The number of hydrogen-bond donors (Lipinski definition) is 0. The minimum atomic E-state index is 0.143. The molecule has 0 spiro atoms. The Labute approximate surface area is 112 Å². The number of benzene rings is 1. The Bertz CT molecular complexity index is 542. The summed E-state index contributed by atoms with van der Waals surface area (Å²) in [5.74, 6) is 0. The average Bonchev–Trinajstić information content (AvgIpc) is 2.23. The third-order valence-corrected chi connectivity index (χ3v) is 3.10. The summed E-state index contributed by atoms with van der Waals surface area (Å²) >= 11 is 23.6. The van der Waals surface area contributed by atoms with Crippen molar-refractivity contribution in [2.45, 2.75) is 0 Å². The van der Waals surface area contributed by atoms with Crippen molar-refractivity contribution in [1.29, 1.82) is 0 Å². The van der Waals surface area contributed by atoms with Crippen molar-refractivity contribution in [3.05, 3.63) is 44.7 Å². The second-order valence-corrected chi connectivity index (χ2v) is 4.52. The van der Waals surface area contributed by atoms with Gasteiger partial charge in [-0.25, -0.2) is 9.97 Å². The molecule has 0 atom stereocenters. The molecule has 0 amide bonds. The van der Waals surface area contributed by atoms with E-state index in [0.29, 0.717) is 26.3 Å². The van der Waals surface area contributed by atoms with Gasteiger partial charge in [-0.2, -0.15) is 0 Å². The second-order valence-electron chi connectivity index (χ2n) is 2.96. The smallest absolute Gasteiger partial charge is 0.222 e. The number of halogens is 4. The molecule has 0 aliphatic rings. The third kappa shape index (κ3) is 2.41. The quantitative estimate of drug-likeness (QED) is 0.560. The van der Waals surface area contributed by atoms with Crippen LogP contribution in [0, 0.1) is 0 Å². The van der Waals surface area contributed by atoms with Gasteiger partial charge in [0.05, 0.1) is 15.7 Å². The highest BCUT2D eigenvalue weighted by Crippen LogP contribution is 2.35. The molecule has 16 heavy (non-hydrogen) atoms. The first-order chi connectivity index (χ1) is 7.58. The minimum absolute atomic E-state index is 0.143. The summed E-state index contributed by atoms with van der Waals surface area (Å²) in [7, 11) is 0. The molecule has 0 bridgehead atoms. The summed E-state index contributed by atoms with van der Waals surface area (Å²) in [6.45, 7) is 0. The first kappa shape index (κ1) is 11.9. The molecule has 6 heteroatoms. The van der Waals surface area contributed by atoms with E-state index in [4.69, 9.17) is 46.4 Å². The first-order valence-electron chi connectivity index (χ1n) is 4.21. The Hall–Kier alpha value is -0.540. The van der Waals surface area contributed by atoms with Crippen LogP contribution in [0.2, 0.25) is 20.4 Å². The van der Waals surface area contributed by atoms with Crippen molar-refractivity contribution >= 4 is 46.4 Å². The van der Waals surface area contributed by atoms with Gasteiger partial charge < -0.3 is 0 Å². The van der Waals surface area contributed by atoms with E-state index in [0.717, 1.165) is 0 Å². The molecule has 0 fully saturated rings. The van der Waals surface area contributed by atoms with E-state index in [9.17, 15) is 0 Å². The zero-order chi connectivity index (χ0) is 11.7. The molecule has 82 valence electrons. The monoisotopic (exact) mass is 292 g/mol. The van der Waals surface area contributed by atoms with Gasteiger partial charge in [0.15, 0.2) is 0 Å². The Kier molecular flexibility index (Phi) is 3.55. The fourth-order valence-corrected chi connectivity index (χ4v) is 2.07. The highest BCUT2D eigenvalue weighted by atomic mass is 35.5. The van der Waals surface area contributed by atoms with Crippen molar-refractivity contribution in [3.8, 4) is 11.3 Å². The molecular weight excluding hydrogens is 290 g/mol. The highest BCUT2D eigenvalue weighted by Gasteiger charge is 2.10. The SMILES string of the molecule is Clc1cc(Cl)c(Cl)c(-c2ccnc(Cl)n2)c1. The molecule has 0 saturated heterocycles. The molecule has 2 nitrogen and oxygen atoms in total. The van der Waals surface area contributed by atoms with Crippen LogP contribution in [0.3, 0.4) is 0 Å². The molecule has 2 aromatic rings. The minimum Gasteiger partial charge on any atom is -0.226 e. The zero-order valence-corrected chi connectivity index (χ0v) is 10.7. The predicted molar refractivity (Wildman–Crippen MR) is 67.5 cm³/mol. The molecule has 0 radical (unpaired) electrons. The largest absolute Gasteiger partial charge is 0.226 e. The summed E-state index contributed by atoms with van der Waals surface area (Å²) in [5.41, 5.74) is 1.21. The van der Waals surface area contributed by atoms with Crippen LogP contribution in [0.25, 0.3) is 11.3 Å². The van der Waals surface area contributed by atoms with Crippen LogP contribution in [0.15, 0.2) is 24.4 Å². The van der Waals surface area contributed by atoms with E-state index in [-0.39, 0.29) is 5.28 Å². The lowest BCUT2D eigenvalue weighted by atomic mass is 10.1. The van der Waals surface area contributed by atoms with Gasteiger partial charge in [-0.05, 0) is 29.8 Å². The molecule has 2 rings (SSSR count). The van der Waals surface area contributed by atoms with Crippen molar-refractivity contribution in [1.82, 2.24) is 9.97 Å². The topological polar surface area (TPSA) is 25.8 Å². The van der Waals surface area contributed by atoms with Crippen molar-refractivity contribution in [2.75, 3.05) is 0 Å². The predicted octanol–water partition coefficient (Wildman–Crippen LogP) is 4.76. The second kappa shape index (κ2) is 4.76. The molecule has 1 heterocycles. The summed E-state index contributed by atoms with van der Waals surface area (Å²) in [6.07, 6.45) is 1.54. The molecule has 0 N–H and O–H groups in total. The van der Waals surface area contributed by atoms with E-state index in [1.54, 1.807) is 18.2 Å². The Morgan fingerprint density at radius 3 is 2.44 bits per heavy atom. The molecule has 1 aromatic heterocycles. The maximum atomic E-state index is 6.06. The molecule has 0 saturated carbocycles. The van der Waals surface area contributed by atoms with E-state index in [1.165, 1.54) is 6.20 Å². The van der Waals surface area contributed by atoms with Crippen molar-refractivity contribution in [3.63, 3.8) is 0 Å². The highest BCUT2D eigenvalue weighted by molar-refractivity contribution is 6.45. The Morgan fingerprint density at radius 1 is 1.00 bits per heavy atom. The van der Waals surface area contributed by atoms with Gasteiger partial charge in [-0.1, -0.05) is 34.8 Å². The lowest BCUT2D eigenvalue weighted by molar-refractivity contribution is 1.17. The van der Waals surface area contributed by atoms with Gasteiger partial charge in [-0.3, -0.25) is 0 Å². The van der Waals surface area contributed by atoms with Gasteiger partial charge in [0.25, 0.3) is 0 Å². The van der Waals surface area contributed by atoms with E-state index in [2.05, 4.69) is 9.97 Å². The summed E-state index contributed by atoms with van der Waals surface area (Å²) in [6, 6.07) is 4.92. The summed E-state index contributed by atoms with van der Waals surface area (Å²) in [4.78, 5) is 7.82. The standard InChI is InChI=1S/C10H4Cl4N2/c11-5-3-6(9(13)7(12)4-5)8-1-2-15-10(14)16-8/h1-4H. The van der Waals surface area contributed by atoms with Gasteiger partial charge in [0.1, 0.15) is 0 Å². The van der Waals surface area contributed by atoms with Crippen LogP contribution in [-0.4, -0.2) is 9.97 Å². The molecule has 0 aliphatic heterocycles. The van der Waals surface area contributed by atoms with Crippen molar-refractivity contribution < 1.29 is 0 Å². The normalized spacial score (nSPS) is 10.5. The van der Waals surface area contributed by atoms with Gasteiger partial charge in [-0.15, -0.1) is 0 Å². The number of nitrogens with zero attached hydrogens (tertiary/aromatic N) is 2. The molecular formula is C10H4Cl4N2. The van der Waals surface area contributed by atoms with Gasteiger partial charge in [0, 0.05) is 16.8 Å². The maximum Gasteiger partial charge on any atom is 0.222 e.